The predicted molar refractivity (Wildman–Crippen MR) is 54.7 cm³/mol. The van der Waals surface area contributed by atoms with E-state index in [9.17, 15) is 4.21 Å². The highest BCUT2D eigenvalue weighted by Crippen LogP contribution is 2.26. The van der Waals surface area contributed by atoms with Crippen molar-refractivity contribution in [1.29, 1.82) is 0 Å². The van der Waals surface area contributed by atoms with Crippen LogP contribution in [0.25, 0.3) is 0 Å². The fourth-order valence-corrected chi connectivity index (χ4v) is 2.13. The highest BCUT2D eigenvalue weighted by atomic mass is 35.7. The zero-order chi connectivity index (χ0) is 10.0. The molecule has 0 aliphatic rings. The van der Waals surface area contributed by atoms with Crippen molar-refractivity contribution < 1.29 is 8.95 Å². The van der Waals surface area contributed by atoms with Crippen LogP contribution in [0.3, 0.4) is 0 Å². The van der Waals surface area contributed by atoms with Crippen molar-refractivity contribution in [2.75, 3.05) is 7.11 Å². The highest BCUT2D eigenvalue weighted by molar-refractivity contribution is 8.08. The first-order chi connectivity index (χ1) is 6.06. The maximum absolute atomic E-state index is 11.0. The Morgan fingerprint density at radius 1 is 1.31 bits per heavy atom. The summed E-state index contributed by atoms with van der Waals surface area (Å²) in [5.74, 6) is 0.825. The van der Waals surface area contributed by atoms with Crippen molar-refractivity contribution in [1.82, 2.24) is 0 Å². The lowest BCUT2D eigenvalue weighted by Crippen LogP contribution is -1.93. The minimum absolute atomic E-state index is 0.623. The number of rotatable bonds is 2. The van der Waals surface area contributed by atoms with Gasteiger partial charge in [-0.15, -0.1) is 0 Å². The molecule has 0 spiro atoms. The molecule has 0 aromatic heterocycles. The third-order valence-electron chi connectivity index (χ3n) is 1.82. The first-order valence-corrected chi connectivity index (χ1v) is 5.77. The molecule has 13 heavy (non-hydrogen) atoms. The summed E-state index contributed by atoms with van der Waals surface area (Å²) in [5.41, 5.74) is 1.90. The van der Waals surface area contributed by atoms with Gasteiger partial charge in [0.25, 0.3) is 0 Å². The third-order valence-corrected chi connectivity index (χ3v) is 2.96. The summed E-state index contributed by atoms with van der Waals surface area (Å²) in [5, 5.41) is 0. The maximum Gasteiger partial charge on any atom is 0.147 e. The summed E-state index contributed by atoms with van der Waals surface area (Å²) >= 11 is 0. The molecule has 2 nitrogen and oxygen atoms in total. The van der Waals surface area contributed by atoms with Gasteiger partial charge >= 0.3 is 0 Å². The Bertz CT molecular complexity index is 326. The lowest BCUT2D eigenvalue weighted by Gasteiger charge is -2.09. The number of aryl methyl sites for hydroxylation is 2. The van der Waals surface area contributed by atoms with Gasteiger partial charge in [0.05, 0.1) is 12.0 Å². The first kappa shape index (κ1) is 10.5. The zero-order valence-electron chi connectivity index (χ0n) is 7.76. The van der Waals surface area contributed by atoms with Crippen LogP contribution in [-0.4, -0.2) is 11.3 Å². The number of benzene rings is 1. The summed E-state index contributed by atoms with van der Waals surface area (Å²) in [4.78, 5) is 0.623. The molecule has 0 bridgehead atoms. The molecule has 4 heteroatoms. The van der Waals surface area contributed by atoms with E-state index in [0.29, 0.717) is 4.90 Å². The fourth-order valence-electron chi connectivity index (χ4n) is 1.33. The van der Waals surface area contributed by atoms with E-state index >= 15 is 0 Å². The Kier molecular flexibility index (Phi) is 3.33. The van der Waals surface area contributed by atoms with E-state index in [1.54, 1.807) is 19.2 Å². The second-order valence-electron chi connectivity index (χ2n) is 2.81. The molecule has 0 heterocycles. The molecule has 0 saturated heterocycles. The fraction of sp³-hybridized carbons (Fsp3) is 0.333. The van der Waals surface area contributed by atoms with E-state index in [2.05, 4.69) is 0 Å². The van der Waals surface area contributed by atoms with Crippen molar-refractivity contribution in [2.45, 2.75) is 18.7 Å². The Morgan fingerprint density at radius 2 is 1.77 bits per heavy atom. The Balaban J connectivity index is 3.28. The van der Waals surface area contributed by atoms with Gasteiger partial charge in [0.1, 0.15) is 15.8 Å². The van der Waals surface area contributed by atoms with Gasteiger partial charge in [-0.1, -0.05) is 0 Å². The van der Waals surface area contributed by atoms with Gasteiger partial charge in [0, 0.05) is 0 Å². The first-order valence-electron chi connectivity index (χ1n) is 3.79. The van der Waals surface area contributed by atoms with Crippen molar-refractivity contribution in [3.63, 3.8) is 0 Å². The van der Waals surface area contributed by atoms with Crippen LogP contribution in [0.15, 0.2) is 17.0 Å². The quantitative estimate of drug-likeness (QED) is 0.714. The number of hydrogen-bond acceptors (Lipinski definition) is 2. The van der Waals surface area contributed by atoms with Crippen LogP contribution in [0.1, 0.15) is 11.1 Å². The number of methoxy groups -OCH3 is 1. The molecule has 1 atom stereocenters. The molecular weight excluding hydrogens is 208 g/mol. The molecule has 72 valence electrons. The summed E-state index contributed by atoms with van der Waals surface area (Å²) in [7, 11) is 5.65. The number of hydrogen-bond donors (Lipinski definition) is 0. The third kappa shape index (κ3) is 2.23. The molecule has 0 aliphatic heterocycles. The summed E-state index contributed by atoms with van der Waals surface area (Å²) in [6.07, 6.45) is 0. The molecule has 0 N–H and O–H groups in total. The maximum atomic E-state index is 11.0. The summed E-state index contributed by atoms with van der Waals surface area (Å²) < 4.78 is 16.2. The van der Waals surface area contributed by atoms with Crippen LogP contribution in [0.2, 0.25) is 0 Å². The van der Waals surface area contributed by atoms with Gasteiger partial charge < -0.3 is 4.74 Å². The van der Waals surface area contributed by atoms with Crippen molar-refractivity contribution in [2.24, 2.45) is 0 Å². The Hall–Kier alpha value is -0.540. The standard InChI is InChI=1S/C9H11ClO2S/c1-6-4-8(13(10)11)5-7(2)9(6)12-3/h4-5H,1-3H3. The topological polar surface area (TPSA) is 26.3 Å². The molecule has 1 aromatic rings. The molecule has 1 unspecified atom stereocenters. The second kappa shape index (κ2) is 4.11. The van der Waals surface area contributed by atoms with E-state index in [1.807, 2.05) is 13.8 Å². The highest BCUT2D eigenvalue weighted by Gasteiger charge is 2.07. The molecule has 0 amide bonds. The van der Waals surface area contributed by atoms with Gasteiger partial charge in [-0.25, -0.2) is 4.21 Å². The van der Waals surface area contributed by atoms with E-state index < -0.39 is 10.0 Å². The van der Waals surface area contributed by atoms with Gasteiger partial charge in [-0.3, -0.25) is 0 Å². The van der Waals surface area contributed by atoms with E-state index in [-0.39, 0.29) is 0 Å². The lowest BCUT2D eigenvalue weighted by atomic mass is 10.1. The average molecular weight is 219 g/mol. The van der Waals surface area contributed by atoms with Crippen LogP contribution in [0.5, 0.6) is 5.75 Å². The predicted octanol–water partition coefficient (Wildman–Crippen LogP) is 2.57. The molecule has 1 rings (SSSR count). The largest absolute Gasteiger partial charge is 0.496 e. The Labute approximate surface area is 84.8 Å². The molecular formula is C9H11ClO2S. The minimum Gasteiger partial charge on any atom is -0.496 e. The second-order valence-corrected chi connectivity index (χ2v) is 4.57. The van der Waals surface area contributed by atoms with Crippen LogP contribution < -0.4 is 4.74 Å². The summed E-state index contributed by atoms with van der Waals surface area (Å²) in [6.45, 7) is 3.80. The van der Waals surface area contributed by atoms with Crippen molar-refractivity contribution >= 4 is 20.7 Å². The van der Waals surface area contributed by atoms with Crippen LogP contribution in [0, 0.1) is 13.8 Å². The SMILES string of the molecule is COc1c(C)cc(S(=O)Cl)cc1C. The average Bonchev–Trinajstić information content (AvgIpc) is 2.03. The van der Waals surface area contributed by atoms with Crippen LogP contribution in [0.4, 0.5) is 0 Å². The van der Waals surface area contributed by atoms with Crippen molar-refractivity contribution in [3.05, 3.63) is 23.3 Å². The van der Waals surface area contributed by atoms with E-state index in [4.69, 9.17) is 15.4 Å². The number of ether oxygens (including phenoxy) is 1. The molecule has 0 aliphatic carbocycles. The van der Waals surface area contributed by atoms with E-state index in [0.717, 1.165) is 16.9 Å². The van der Waals surface area contributed by atoms with Crippen molar-refractivity contribution in [3.8, 4) is 5.75 Å². The van der Waals surface area contributed by atoms with Gasteiger partial charge in [0.2, 0.25) is 0 Å². The Morgan fingerprint density at radius 3 is 2.08 bits per heavy atom. The lowest BCUT2D eigenvalue weighted by molar-refractivity contribution is 0.408. The van der Waals surface area contributed by atoms with Gasteiger partial charge in [0.15, 0.2) is 0 Å². The monoisotopic (exact) mass is 218 g/mol. The van der Waals surface area contributed by atoms with Crippen LogP contribution >= 0.6 is 10.7 Å². The smallest absolute Gasteiger partial charge is 0.147 e. The molecule has 1 aromatic carbocycles. The number of halogens is 1. The normalized spacial score (nSPS) is 12.6. The minimum atomic E-state index is -1.44. The van der Waals surface area contributed by atoms with E-state index in [1.165, 1.54) is 0 Å². The molecule has 0 fully saturated rings. The molecule has 0 radical (unpaired) electrons. The zero-order valence-corrected chi connectivity index (χ0v) is 9.33. The van der Waals surface area contributed by atoms with Gasteiger partial charge in [-0.2, -0.15) is 0 Å². The summed E-state index contributed by atoms with van der Waals surface area (Å²) in [6, 6.07) is 3.55. The van der Waals surface area contributed by atoms with Crippen LogP contribution in [-0.2, 0) is 10.0 Å². The molecule has 0 saturated carbocycles. The van der Waals surface area contributed by atoms with Gasteiger partial charge in [-0.05, 0) is 47.8 Å².